The zero-order valence-electron chi connectivity index (χ0n) is 10.6. The van der Waals surface area contributed by atoms with E-state index in [1.165, 1.54) is 0 Å². The van der Waals surface area contributed by atoms with Crippen molar-refractivity contribution in [2.75, 3.05) is 0 Å². The number of ether oxygens (including phenoxy) is 1. The van der Waals surface area contributed by atoms with Gasteiger partial charge in [-0.3, -0.25) is 0 Å². The van der Waals surface area contributed by atoms with Crippen LogP contribution < -0.4 is 0 Å². The van der Waals surface area contributed by atoms with Crippen LogP contribution in [0.15, 0.2) is 55.1 Å². The molecule has 0 fully saturated rings. The normalized spacial score (nSPS) is 9.20. The van der Waals surface area contributed by atoms with E-state index in [2.05, 4.69) is 6.58 Å². The van der Waals surface area contributed by atoms with E-state index in [9.17, 15) is 14.4 Å². The first kappa shape index (κ1) is 17.1. The molecule has 2 N–H and O–H groups in total. The van der Waals surface area contributed by atoms with Crippen LogP contribution in [-0.4, -0.2) is 28.1 Å². The van der Waals surface area contributed by atoms with Gasteiger partial charge < -0.3 is 14.9 Å². The minimum Gasteiger partial charge on any atom is -0.478 e. The zero-order chi connectivity index (χ0) is 15.4. The minimum atomic E-state index is -1.26. The molecule has 20 heavy (non-hydrogen) atoms. The molecule has 1 rings (SSSR count). The van der Waals surface area contributed by atoms with Crippen LogP contribution in [0, 0.1) is 0 Å². The van der Waals surface area contributed by atoms with Crippen molar-refractivity contribution in [2.45, 2.75) is 6.61 Å². The van der Waals surface area contributed by atoms with E-state index in [4.69, 9.17) is 14.9 Å². The molecule has 0 saturated carbocycles. The number of carbonyl (C=O) groups excluding carboxylic acids is 1. The van der Waals surface area contributed by atoms with Crippen molar-refractivity contribution in [3.05, 3.63) is 60.7 Å². The Morgan fingerprint density at radius 3 is 1.95 bits per heavy atom. The molecule has 0 unspecified atom stereocenters. The average Bonchev–Trinajstić information content (AvgIpc) is 2.44. The highest BCUT2D eigenvalue weighted by atomic mass is 16.5. The summed E-state index contributed by atoms with van der Waals surface area (Å²) in [6, 6.07) is 9.51. The van der Waals surface area contributed by atoms with Gasteiger partial charge in [0.1, 0.15) is 6.61 Å². The molecule has 106 valence electrons. The molecular formula is C14H14O6. The van der Waals surface area contributed by atoms with Crippen molar-refractivity contribution in [1.29, 1.82) is 0 Å². The zero-order valence-corrected chi connectivity index (χ0v) is 10.6. The molecule has 0 heterocycles. The SMILES string of the molecule is C=CC(=O)OCc1ccccc1.O=C(O)/C=C\C(=O)O. The molecule has 0 aromatic heterocycles. The Balaban J connectivity index is 0.000000396. The first-order chi connectivity index (χ1) is 9.45. The summed E-state index contributed by atoms with van der Waals surface area (Å²) in [6.07, 6.45) is 2.27. The van der Waals surface area contributed by atoms with E-state index >= 15 is 0 Å². The van der Waals surface area contributed by atoms with Crippen LogP contribution >= 0.6 is 0 Å². The smallest absolute Gasteiger partial charge is 0.330 e. The van der Waals surface area contributed by atoms with Crippen molar-refractivity contribution >= 4 is 17.9 Å². The van der Waals surface area contributed by atoms with E-state index in [1.807, 2.05) is 30.3 Å². The first-order valence-electron chi connectivity index (χ1n) is 5.42. The van der Waals surface area contributed by atoms with Crippen LogP contribution in [0.25, 0.3) is 0 Å². The van der Waals surface area contributed by atoms with Crippen molar-refractivity contribution in [3.63, 3.8) is 0 Å². The summed E-state index contributed by atoms with van der Waals surface area (Å²) in [7, 11) is 0. The molecule has 0 saturated heterocycles. The Kier molecular flexibility index (Phi) is 8.62. The summed E-state index contributed by atoms with van der Waals surface area (Å²) in [5, 5.41) is 15.6. The molecule has 0 bridgehead atoms. The number of hydrogen-bond acceptors (Lipinski definition) is 4. The number of carboxylic acids is 2. The lowest BCUT2D eigenvalue weighted by atomic mass is 10.2. The number of hydrogen-bond donors (Lipinski definition) is 2. The Morgan fingerprint density at radius 2 is 1.55 bits per heavy atom. The Morgan fingerprint density at radius 1 is 1.05 bits per heavy atom. The maximum Gasteiger partial charge on any atom is 0.330 e. The second-order valence-electron chi connectivity index (χ2n) is 3.31. The van der Waals surface area contributed by atoms with Crippen LogP contribution in [0.1, 0.15) is 5.56 Å². The molecule has 0 radical (unpaired) electrons. The number of rotatable bonds is 5. The molecule has 0 aliphatic rings. The van der Waals surface area contributed by atoms with Crippen molar-refractivity contribution < 1.29 is 29.3 Å². The number of aliphatic carboxylic acids is 2. The largest absolute Gasteiger partial charge is 0.478 e. The highest BCUT2D eigenvalue weighted by molar-refractivity contribution is 5.89. The lowest BCUT2D eigenvalue weighted by Gasteiger charge is -2.00. The van der Waals surface area contributed by atoms with Crippen molar-refractivity contribution in [1.82, 2.24) is 0 Å². The van der Waals surface area contributed by atoms with Crippen LogP contribution in [0.4, 0.5) is 0 Å². The maximum absolute atomic E-state index is 10.6. The summed E-state index contributed by atoms with van der Waals surface area (Å²) in [6.45, 7) is 3.61. The Labute approximate surface area is 115 Å². The molecule has 6 nitrogen and oxygen atoms in total. The molecule has 0 atom stereocenters. The lowest BCUT2D eigenvalue weighted by molar-refractivity contribution is -0.139. The van der Waals surface area contributed by atoms with E-state index in [-0.39, 0.29) is 5.97 Å². The van der Waals surface area contributed by atoms with Gasteiger partial charge in [0, 0.05) is 18.2 Å². The molecule has 0 spiro atoms. The monoisotopic (exact) mass is 278 g/mol. The molecule has 0 aliphatic carbocycles. The van der Waals surface area contributed by atoms with Crippen LogP contribution in [-0.2, 0) is 25.7 Å². The third kappa shape index (κ3) is 10.3. The van der Waals surface area contributed by atoms with Gasteiger partial charge >= 0.3 is 17.9 Å². The molecule has 0 aliphatic heterocycles. The fourth-order valence-electron chi connectivity index (χ4n) is 0.930. The molecule has 6 heteroatoms. The van der Waals surface area contributed by atoms with E-state index in [0.29, 0.717) is 18.8 Å². The minimum absolute atomic E-state index is 0.311. The van der Waals surface area contributed by atoms with Gasteiger partial charge in [0.2, 0.25) is 0 Å². The van der Waals surface area contributed by atoms with E-state index in [0.717, 1.165) is 11.6 Å². The molecule has 1 aromatic carbocycles. The van der Waals surface area contributed by atoms with Gasteiger partial charge in [-0.1, -0.05) is 36.9 Å². The van der Waals surface area contributed by atoms with Crippen LogP contribution in [0.3, 0.4) is 0 Å². The van der Waals surface area contributed by atoms with Gasteiger partial charge in [-0.15, -0.1) is 0 Å². The standard InChI is InChI=1S/C10H10O2.C4H4O4/c1-2-10(11)12-8-9-6-4-3-5-7-9;5-3(6)1-2-4(7)8/h2-7H,1,8H2;1-2H,(H,5,6)(H,7,8)/b;2-1-. The van der Waals surface area contributed by atoms with Gasteiger partial charge in [-0.25, -0.2) is 14.4 Å². The van der Waals surface area contributed by atoms with E-state index < -0.39 is 11.9 Å². The van der Waals surface area contributed by atoms with Gasteiger partial charge in [0.25, 0.3) is 0 Å². The summed E-state index contributed by atoms with van der Waals surface area (Å²) in [4.78, 5) is 29.8. The molecular weight excluding hydrogens is 264 g/mol. The Bertz CT molecular complexity index is 474. The third-order valence-electron chi connectivity index (χ3n) is 1.76. The fourth-order valence-corrected chi connectivity index (χ4v) is 0.930. The van der Waals surface area contributed by atoms with Gasteiger partial charge in [-0.05, 0) is 5.56 Å². The topological polar surface area (TPSA) is 101 Å². The lowest BCUT2D eigenvalue weighted by Crippen LogP contribution is -1.99. The van der Waals surface area contributed by atoms with Crippen molar-refractivity contribution in [3.8, 4) is 0 Å². The number of benzene rings is 1. The van der Waals surface area contributed by atoms with Gasteiger partial charge in [0.15, 0.2) is 0 Å². The fraction of sp³-hybridized carbons (Fsp3) is 0.0714. The first-order valence-corrected chi connectivity index (χ1v) is 5.42. The summed E-state index contributed by atoms with van der Waals surface area (Å²) in [5.41, 5.74) is 0.979. The second-order valence-corrected chi connectivity index (χ2v) is 3.31. The highest BCUT2D eigenvalue weighted by Gasteiger charge is 1.95. The summed E-state index contributed by atoms with van der Waals surface area (Å²) < 4.78 is 4.82. The predicted molar refractivity (Wildman–Crippen MR) is 70.8 cm³/mol. The predicted octanol–water partition coefficient (Wildman–Crippen LogP) is 1.63. The van der Waals surface area contributed by atoms with Crippen molar-refractivity contribution in [2.24, 2.45) is 0 Å². The number of carbonyl (C=O) groups is 3. The molecule has 1 aromatic rings. The van der Waals surface area contributed by atoms with Gasteiger partial charge in [-0.2, -0.15) is 0 Å². The van der Waals surface area contributed by atoms with E-state index in [1.54, 1.807) is 0 Å². The van der Waals surface area contributed by atoms with Crippen LogP contribution in [0.5, 0.6) is 0 Å². The second kappa shape index (κ2) is 10.1. The third-order valence-corrected chi connectivity index (χ3v) is 1.76. The highest BCUT2D eigenvalue weighted by Crippen LogP contribution is 2.00. The maximum atomic E-state index is 10.6. The average molecular weight is 278 g/mol. The van der Waals surface area contributed by atoms with Crippen LogP contribution in [0.2, 0.25) is 0 Å². The number of carboxylic acid groups (broad SMARTS) is 2. The summed E-state index contributed by atoms with van der Waals surface area (Å²) >= 11 is 0. The van der Waals surface area contributed by atoms with Gasteiger partial charge in [0.05, 0.1) is 0 Å². The quantitative estimate of drug-likeness (QED) is 0.627. The Hall–Kier alpha value is -2.89. The molecule has 0 amide bonds. The number of esters is 1. The summed E-state index contributed by atoms with van der Waals surface area (Å²) in [5.74, 6) is -2.90.